The van der Waals surface area contributed by atoms with E-state index in [9.17, 15) is 19.2 Å². The molecule has 4 unspecified atom stereocenters. The Morgan fingerprint density at radius 2 is 1.39 bits per heavy atom. The van der Waals surface area contributed by atoms with E-state index < -0.39 is 24.3 Å². The molecule has 16 nitrogen and oxygen atoms in total. The number of carbonyl (C=O) groups is 4. The molecule has 4 aliphatic rings. The van der Waals surface area contributed by atoms with Gasteiger partial charge in [0.1, 0.15) is 23.7 Å². The van der Waals surface area contributed by atoms with Gasteiger partial charge in [-0.25, -0.2) is 19.6 Å². The minimum absolute atomic E-state index is 0.119. The lowest BCUT2D eigenvalue weighted by atomic mass is 9.83. The van der Waals surface area contributed by atoms with Crippen LogP contribution in [-0.4, -0.2) is 98.3 Å². The number of rotatable bonds is 11. The zero-order chi connectivity index (χ0) is 46.7. The molecule has 4 N–H and O–H groups in total. The molecule has 1 saturated carbocycles. The van der Waals surface area contributed by atoms with E-state index in [1.165, 1.54) is 60.8 Å². The molecule has 4 amide bonds. The van der Waals surface area contributed by atoms with Crippen molar-refractivity contribution in [1.82, 2.24) is 45.5 Å². The highest BCUT2D eigenvalue weighted by Gasteiger charge is 2.44. The quantitative estimate of drug-likeness (QED) is 0.0971. The lowest BCUT2D eigenvalue weighted by Crippen LogP contribution is -2.51. The molecule has 2 aromatic carbocycles. The van der Waals surface area contributed by atoms with E-state index in [4.69, 9.17) is 24.0 Å². The maximum atomic E-state index is 13.9. The van der Waals surface area contributed by atoms with Gasteiger partial charge in [0.2, 0.25) is 11.8 Å². The number of hydrogen-bond acceptors (Lipinski definition) is 11. The molecule has 3 fully saturated rings. The SMILES string of the molecule is COC(=O)NC(C(=O)N1CCCC1c1ncc(-c2ccc(-c3sc(-c4ccc5nc(C6CCCN6C(=O)C(NC(=O)OC)C(C)C)[nH]c5c4)c4c3CC3(CCCC3)C4)c3cnoc23)[nH]1)C(C)C. The van der Waals surface area contributed by atoms with Crippen molar-refractivity contribution in [3.05, 3.63) is 65.5 Å². The van der Waals surface area contributed by atoms with E-state index in [0.29, 0.717) is 24.5 Å². The predicted molar refractivity (Wildman–Crippen MR) is 254 cm³/mol. The van der Waals surface area contributed by atoms with Crippen LogP contribution in [-0.2, 0) is 31.9 Å². The number of H-pyrrole nitrogens is 2. The molecule has 6 heterocycles. The summed E-state index contributed by atoms with van der Waals surface area (Å²) in [5.41, 5.74) is 9.37. The summed E-state index contributed by atoms with van der Waals surface area (Å²) in [5, 5.41) is 10.7. The summed E-state index contributed by atoms with van der Waals surface area (Å²) in [4.78, 5) is 75.2. The second-order valence-electron chi connectivity index (χ2n) is 19.6. The zero-order valence-electron chi connectivity index (χ0n) is 39.0. The van der Waals surface area contributed by atoms with E-state index in [-0.39, 0.29) is 41.1 Å². The Labute approximate surface area is 392 Å². The Kier molecular flexibility index (Phi) is 11.8. The van der Waals surface area contributed by atoms with Gasteiger partial charge >= 0.3 is 12.2 Å². The van der Waals surface area contributed by atoms with Crippen LogP contribution in [0.5, 0.6) is 0 Å². The number of fused-ring (bicyclic) bond motifs is 3. The van der Waals surface area contributed by atoms with Crippen molar-refractivity contribution in [3.8, 4) is 32.1 Å². The molecule has 10 rings (SSSR count). The van der Waals surface area contributed by atoms with Crippen molar-refractivity contribution in [3.63, 3.8) is 0 Å². The summed E-state index contributed by atoms with van der Waals surface area (Å²) in [6.45, 7) is 8.81. The molecule has 4 aromatic heterocycles. The van der Waals surface area contributed by atoms with Crippen LogP contribution in [0, 0.1) is 17.3 Å². The number of hydrogen-bond donors (Lipinski definition) is 4. The molecule has 17 heteroatoms. The molecule has 6 aromatic rings. The molecule has 4 atom stereocenters. The highest BCUT2D eigenvalue weighted by molar-refractivity contribution is 7.19. The Morgan fingerprint density at radius 3 is 2.01 bits per heavy atom. The number of nitrogens with zero attached hydrogens (tertiary/aromatic N) is 5. The molecular weight excluding hydrogens is 871 g/mol. The van der Waals surface area contributed by atoms with Crippen LogP contribution in [0.4, 0.5) is 9.59 Å². The minimum atomic E-state index is -0.720. The summed E-state index contributed by atoms with van der Waals surface area (Å²) in [6.07, 6.45) is 12.6. The van der Waals surface area contributed by atoms with Gasteiger partial charge in [0.15, 0.2) is 5.58 Å². The van der Waals surface area contributed by atoms with Crippen LogP contribution in [0.15, 0.2) is 47.2 Å². The van der Waals surface area contributed by atoms with Gasteiger partial charge in [0.25, 0.3) is 0 Å². The first-order valence-corrected chi connectivity index (χ1v) is 24.6. The number of aromatic nitrogens is 5. The molecule has 2 saturated heterocycles. The third kappa shape index (κ3) is 8.01. The first-order chi connectivity index (χ1) is 32.4. The number of alkyl carbamates (subject to hydrolysis) is 2. The standard InChI is InChI=1S/C50H59N9O7S/c1-26(2)39(56-48(62)64-5)46(60)58-19-9-11-37(58)44-51-25-36(55-44)30-15-14-29(33-24-52-66-41(30)33)43-32-23-50(17-7-8-18-50)22-31(32)42(67-43)28-13-16-34-35(21-28)54-45(53-34)38-12-10-20-59(38)47(61)40(27(3)4)57-49(63)65-6/h13-16,21,24-27,37-40H,7-12,17-20,22-23H2,1-6H3,(H,51,55)(H,53,54)(H,56,62)(H,57,63). The molecule has 2 aliphatic carbocycles. The molecule has 0 radical (unpaired) electrons. The Hall–Kier alpha value is -6.23. The zero-order valence-corrected chi connectivity index (χ0v) is 39.8. The molecule has 1 spiro atoms. The normalized spacial score (nSPS) is 19.8. The number of imidazole rings is 2. The number of benzene rings is 2. The van der Waals surface area contributed by atoms with Crippen LogP contribution >= 0.6 is 11.3 Å². The fourth-order valence-electron chi connectivity index (χ4n) is 11.3. The Balaban J connectivity index is 0.959. The van der Waals surface area contributed by atoms with E-state index in [2.05, 4.69) is 56.1 Å². The lowest BCUT2D eigenvalue weighted by molar-refractivity contribution is -0.136. The largest absolute Gasteiger partial charge is 0.453 e. The smallest absolute Gasteiger partial charge is 0.407 e. The fraction of sp³-hybridized carbons (Fsp3) is 0.500. The highest BCUT2D eigenvalue weighted by Crippen LogP contribution is 2.57. The number of aromatic amines is 2. The van der Waals surface area contributed by atoms with Gasteiger partial charge in [-0.1, -0.05) is 57.8 Å². The van der Waals surface area contributed by atoms with Gasteiger partial charge in [-0.2, -0.15) is 0 Å². The average molecular weight is 930 g/mol. The monoisotopic (exact) mass is 929 g/mol. The van der Waals surface area contributed by atoms with Gasteiger partial charge in [-0.3, -0.25) is 9.59 Å². The third-order valence-corrected chi connectivity index (χ3v) is 16.1. The summed E-state index contributed by atoms with van der Waals surface area (Å²) < 4.78 is 15.7. The van der Waals surface area contributed by atoms with Crippen molar-refractivity contribution in [2.75, 3.05) is 27.3 Å². The fourth-order valence-corrected chi connectivity index (χ4v) is 12.7. The molecule has 67 heavy (non-hydrogen) atoms. The van der Waals surface area contributed by atoms with E-state index in [1.54, 1.807) is 6.20 Å². The number of methoxy groups -OCH3 is 2. The van der Waals surface area contributed by atoms with Crippen molar-refractivity contribution in [2.45, 2.75) is 116 Å². The van der Waals surface area contributed by atoms with Gasteiger partial charge in [-0.15, -0.1) is 11.3 Å². The summed E-state index contributed by atoms with van der Waals surface area (Å²) in [7, 11) is 2.60. The van der Waals surface area contributed by atoms with E-state index in [0.717, 1.165) is 83.2 Å². The van der Waals surface area contributed by atoms with Crippen LogP contribution in [0.1, 0.15) is 114 Å². The van der Waals surface area contributed by atoms with Gasteiger partial charge in [-0.05, 0) is 104 Å². The minimum Gasteiger partial charge on any atom is -0.453 e. The number of nitrogens with one attached hydrogen (secondary N) is 4. The third-order valence-electron chi connectivity index (χ3n) is 14.8. The number of ether oxygens (including phenoxy) is 2. The topological polar surface area (TPSA) is 201 Å². The Bertz CT molecular complexity index is 2870. The molecule has 0 bridgehead atoms. The van der Waals surface area contributed by atoms with Gasteiger partial charge in [0.05, 0.1) is 60.8 Å². The number of amides is 4. The molecule has 2 aliphatic heterocycles. The van der Waals surface area contributed by atoms with Crippen molar-refractivity contribution < 1.29 is 33.2 Å². The summed E-state index contributed by atoms with van der Waals surface area (Å²) in [6, 6.07) is 8.83. The Morgan fingerprint density at radius 1 is 0.776 bits per heavy atom. The second kappa shape index (κ2) is 17.8. The average Bonchev–Trinajstić information content (AvgIpc) is 4.18. The number of likely N-dealkylation sites (tertiary alicyclic amines) is 2. The predicted octanol–water partition coefficient (Wildman–Crippen LogP) is 9.24. The first-order valence-electron chi connectivity index (χ1n) is 23.7. The maximum Gasteiger partial charge on any atom is 0.407 e. The molecule has 352 valence electrons. The second-order valence-corrected chi connectivity index (χ2v) is 20.7. The summed E-state index contributed by atoms with van der Waals surface area (Å²) >= 11 is 1.83. The lowest BCUT2D eigenvalue weighted by Gasteiger charge is -2.30. The molecular formula is C50H59N9O7S. The number of carbonyl (C=O) groups excluding carboxylic acids is 4. The highest BCUT2D eigenvalue weighted by atomic mass is 32.1. The van der Waals surface area contributed by atoms with E-state index in [1.807, 2.05) is 55.0 Å². The van der Waals surface area contributed by atoms with Crippen LogP contribution in [0.2, 0.25) is 0 Å². The van der Waals surface area contributed by atoms with Crippen molar-refractivity contribution >= 4 is 57.3 Å². The van der Waals surface area contributed by atoms with Gasteiger partial charge < -0.3 is 44.4 Å². The van der Waals surface area contributed by atoms with Crippen LogP contribution in [0.3, 0.4) is 0 Å². The van der Waals surface area contributed by atoms with Gasteiger partial charge in [0, 0.05) is 34.0 Å². The van der Waals surface area contributed by atoms with Crippen molar-refractivity contribution in [2.24, 2.45) is 17.3 Å². The maximum absolute atomic E-state index is 13.9. The van der Waals surface area contributed by atoms with Crippen LogP contribution < -0.4 is 10.6 Å². The summed E-state index contributed by atoms with van der Waals surface area (Å²) in [5.74, 6) is 0.896. The van der Waals surface area contributed by atoms with Crippen LogP contribution in [0.25, 0.3) is 54.1 Å². The van der Waals surface area contributed by atoms with E-state index >= 15 is 0 Å². The first kappa shape index (κ1) is 44.6. The number of thiophene rings is 1. The van der Waals surface area contributed by atoms with Crippen molar-refractivity contribution in [1.29, 1.82) is 0 Å².